The summed E-state index contributed by atoms with van der Waals surface area (Å²) < 4.78 is 44.3. The highest BCUT2D eigenvalue weighted by Gasteiger charge is 2.56. The van der Waals surface area contributed by atoms with E-state index >= 15 is 0 Å². The van der Waals surface area contributed by atoms with Crippen molar-refractivity contribution in [2.45, 2.75) is 49.9 Å². The van der Waals surface area contributed by atoms with Crippen LogP contribution in [0.2, 0.25) is 0 Å². The van der Waals surface area contributed by atoms with Crippen molar-refractivity contribution in [2.75, 3.05) is 20.2 Å². The molecule has 1 aromatic heterocycles. The Bertz CT molecular complexity index is 594. The van der Waals surface area contributed by atoms with Gasteiger partial charge in [0, 0.05) is 33.0 Å². The molecule has 3 rings (SSSR count). The predicted octanol–water partition coefficient (Wildman–Crippen LogP) is 2.54. The van der Waals surface area contributed by atoms with E-state index in [1.807, 2.05) is 0 Å². The van der Waals surface area contributed by atoms with Gasteiger partial charge in [-0.1, -0.05) is 0 Å². The molecule has 134 valence electrons. The van der Waals surface area contributed by atoms with E-state index in [1.165, 1.54) is 4.90 Å². The third-order valence-corrected chi connectivity index (χ3v) is 5.10. The maximum atomic E-state index is 13.2. The Morgan fingerprint density at radius 1 is 1.46 bits per heavy atom. The van der Waals surface area contributed by atoms with Crippen LogP contribution in [-0.4, -0.2) is 53.1 Å². The average molecular weight is 346 g/mol. The summed E-state index contributed by atoms with van der Waals surface area (Å²) in [5.41, 5.74) is -0.167. The molecule has 2 amide bonds. The topological polar surface area (TPSA) is 70.2 Å². The predicted molar refractivity (Wildman–Crippen MR) is 79.4 cm³/mol. The van der Waals surface area contributed by atoms with Gasteiger partial charge in [-0.2, -0.15) is 18.3 Å². The first-order valence-electron chi connectivity index (χ1n) is 8.06. The van der Waals surface area contributed by atoms with Crippen LogP contribution in [-0.2, 0) is 11.2 Å². The zero-order chi connectivity index (χ0) is 17.4. The Morgan fingerprint density at radius 2 is 2.17 bits per heavy atom. The van der Waals surface area contributed by atoms with Crippen LogP contribution in [0.25, 0.3) is 0 Å². The fourth-order valence-electron chi connectivity index (χ4n) is 3.52. The first-order valence-corrected chi connectivity index (χ1v) is 8.06. The molecule has 1 aliphatic carbocycles. The quantitative estimate of drug-likeness (QED) is 0.865. The lowest BCUT2D eigenvalue weighted by molar-refractivity contribution is -0.281. The number of carbonyl (C=O) groups excluding carboxylic acids is 1. The normalized spacial score (nSPS) is 23.7. The van der Waals surface area contributed by atoms with Gasteiger partial charge in [-0.25, -0.2) is 4.79 Å². The summed E-state index contributed by atoms with van der Waals surface area (Å²) in [7, 11) is 1.07. The van der Waals surface area contributed by atoms with Gasteiger partial charge >= 0.3 is 12.2 Å². The van der Waals surface area contributed by atoms with Gasteiger partial charge in [0.05, 0.1) is 17.9 Å². The molecule has 0 saturated carbocycles. The van der Waals surface area contributed by atoms with Crippen LogP contribution in [0.5, 0.6) is 0 Å². The molecule has 1 saturated heterocycles. The zero-order valence-corrected chi connectivity index (χ0v) is 13.4. The number of amides is 2. The van der Waals surface area contributed by atoms with Crippen molar-refractivity contribution >= 4 is 6.03 Å². The van der Waals surface area contributed by atoms with Crippen molar-refractivity contribution in [1.82, 2.24) is 20.4 Å². The Labute approximate surface area is 137 Å². The molecule has 0 radical (unpaired) electrons. The number of aryl methyl sites for hydroxylation is 1. The highest BCUT2D eigenvalue weighted by Crippen LogP contribution is 2.41. The molecule has 0 aromatic carbocycles. The number of alkyl halides is 3. The van der Waals surface area contributed by atoms with Gasteiger partial charge in [-0.3, -0.25) is 5.10 Å². The van der Waals surface area contributed by atoms with E-state index in [4.69, 9.17) is 4.74 Å². The molecule has 1 fully saturated rings. The fraction of sp³-hybridized carbons (Fsp3) is 0.733. The lowest BCUT2D eigenvalue weighted by Crippen LogP contribution is -2.57. The highest BCUT2D eigenvalue weighted by atomic mass is 19.4. The van der Waals surface area contributed by atoms with Crippen molar-refractivity contribution in [3.8, 4) is 0 Å². The minimum atomic E-state index is -4.43. The average Bonchev–Trinajstić information content (AvgIpc) is 3.03. The Kier molecular flexibility index (Phi) is 4.46. The first kappa shape index (κ1) is 17.1. The minimum absolute atomic E-state index is 0.0156. The molecule has 9 heteroatoms. The summed E-state index contributed by atoms with van der Waals surface area (Å²) in [6, 6.07) is -0.505. The number of aromatic nitrogens is 2. The largest absolute Gasteiger partial charge is 0.417 e. The molecule has 0 bridgehead atoms. The number of ether oxygens (including phenoxy) is 1. The summed E-state index contributed by atoms with van der Waals surface area (Å²) in [4.78, 5) is 13.8. The smallest absolute Gasteiger partial charge is 0.369 e. The second-order valence-electron chi connectivity index (χ2n) is 6.39. The van der Waals surface area contributed by atoms with Gasteiger partial charge in [-0.15, -0.1) is 0 Å². The van der Waals surface area contributed by atoms with Crippen LogP contribution in [0.1, 0.15) is 43.0 Å². The number of urea groups is 1. The van der Waals surface area contributed by atoms with Gasteiger partial charge < -0.3 is 15.0 Å². The van der Waals surface area contributed by atoms with Crippen molar-refractivity contribution in [2.24, 2.45) is 0 Å². The fourth-order valence-corrected chi connectivity index (χ4v) is 3.52. The van der Waals surface area contributed by atoms with Crippen LogP contribution < -0.4 is 5.32 Å². The van der Waals surface area contributed by atoms with E-state index in [0.29, 0.717) is 0 Å². The third-order valence-electron chi connectivity index (χ3n) is 5.10. The number of nitrogens with one attached hydrogen (secondary N) is 2. The molecule has 0 spiro atoms. The van der Waals surface area contributed by atoms with Crippen LogP contribution >= 0.6 is 0 Å². The van der Waals surface area contributed by atoms with Crippen LogP contribution in [0.15, 0.2) is 6.20 Å². The number of piperidine rings is 1. The van der Waals surface area contributed by atoms with Crippen LogP contribution in [0.3, 0.4) is 0 Å². The van der Waals surface area contributed by atoms with E-state index in [1.54, 1.807) is 6.20 Å². The Balaban J connectivity index is 1.61. The molecule has 1 aromatic rings. The number of hydrogen-bond donors (Lipinski definition) is 2. The minimum Gasteiger partial charge on any atom is -0.369 e. The number of aromatic amines is 1. The lowest BCUT2D eigenvalue weighted by atomic mass is 9.90. The van der Waals surface area contributed by atoms with Crippen LogP contribution in [0.4, 0.5) is 18.0 Å². The molecule has 1 aliphatic heterocycles. The van der Waals surface area contributed by atoms with Crippen LogP contribution in [0, 0.1) is 0 Å². The summed E-state index contributed by atoms with van der Waals surface area (Å²) in [6.45, 7) is 0.0312. The Hall–Kier alpha value is -1.77. The number of hydrogen-bond acceptors (Lipinski definition) is 3. The second kappa shape index (κ2) is 6.27. The molecule has 1 unspecified atom stereocenters. The SMILES string of the molecule is COC1(C(F)(F)F)CCN(C(=O)NC2CCCc3cn[nH]c32)CC1. The maximum Gasteiger partial charge on any atom is 0.417 e. The van der Waals surface area contributed by atoms with Crippen molar-refractivity contribution < 1.29 is 22.7 Å². The number of halogens is 3. The Morgan fingerprint density at radius 3 is 2.79 bits per heavy atom. The molecule has 2 N–H and O–H groups in total. The van der Waals surface area contributed by atoms with E-state index in [9.17, 15) is 18.0 Å². The molecular formula is C15H21F3N4O2. The van der Waals surface area contributed by atoms with Crippen molar-refractivity contribution in [3.63, 3.8) is 0 Å². The number of methoxy groups -OCH3 is 1. The number of likely N-dealkylation sites (tertiary alicyclic amines) is 1. The first-order chi connectivity index (χ1) is 11.4. The summed E-state index contributed by atoms with van der Waals surface area (Å²) in [6.07, 6.45) is -0.522. The standard InChI is InChI=1S/C15H21F3N4O2/c1-24-14(15(16,17)18)5-7-22(8-6-14)13(23)20-11-4-2-3-10-9-19-21-12(10)11/h9,11H,2-8H2,1H3,(H,19,21)(H,20,23). The summed E-state index contributed by atoms with van der Waals surface area (Å²) >= 11 is 0. The second-order valence-corrected chi connectivity index (χ2v) is 6.39. The lowest BCUT2D eigenvalue weighted by Gasteiger charge is -2.42. The zero-order valence-electron chi connectivity index (χ0n) is 13.4. The van der Waals surface area contributed by atoms with Gasteiger partial charge in [0.15, 0.2) is 5.60 Å². The number of rotatable bonds is 2. The molecular weight excluding hydrogens is 325 g/mol. The van der Waals surface area contributed by atoms with E-state index < -0.39 is 11.8 Å². The summed E-state index contributed by atoms with van der Waals surface area (Å²) in [5, 5.41) is 9.81. The molecule has 1 atom stereocenters. The van der Waals surface area contributed by atoms with E-state index in [2.05, 4.69) is 15.5 Å². The number of fused-ring (bicyclic) bond motifs is 1. The van der Waals surface area contributed by atoms with Gasteiger partial charge in [0.1, 0.15) is 0 Å². The summed E-state index contributed by atoms with van der Waals surface area (Å²) in [5.74, 6) is 0. The highest BCUT2D eigenvalue weighted by molar-refractivity contribution is 5.75. The number of carbonyl (C=O) groups is 1. The molecule has 6 nitrogen and oxygen atoms in total. The monoisotopic (exact) mass is 346 g/mol. The van der Waals surface area contributed by atoms with Gasteiger partial charge in [-0.05, 0) is 24.8 Å². The molecule has 24 heavy (non-hydrogen) atoms. The number of H-pyrrole nitrogens is 1. The third kappa shape index (κ3) is 2.97. The maximum absolute atomic E-state index is 13.2. The van der Waals surface area contributed by atoms with Crippen molar-refractivity contribution in [3.05, 3.63) is 17.5 Å². The van der Waals surface area contributed by atoms with E-state index in [-0.39, 0.29) is 38.0 Å². The number of nitrogens with zero attached hydrogens (tertiary/aromatic N) is 2. The van der Waals surface area contributed by atoms with Crippen molar-refractivity contribution in [1.29, 1.82) is 0 Å². The molecule has 2 heterocycles. The van der Waals surface area contributed by atoms with E-state index in [0.717, 1.165) is 37.6 Å². The molecule has 2 aliphatic rings. The van der Waals surface area contributed by atoms with Gasteiger partial charge in [0.25, 0.3) is 0 Å². The van der Waals surface area contributed by atoms with Gasteiger partial charge in [0.2, 0.25) is 0 Å².